The molecule has 5 rings (SSSR count). The summed E-state index contributed by atoms with van der Waals surface area (Å²) < 4.78 is 19.3. The van der Waals surface area contributed by atoms with Crippen molar-refractivity contribution in [2.24, 2.45) is 16.9 Å². The SMILES string of the molecule is NC(=O)c1ccc(OCC#Cc2cnc(N3CCC4(CC3)Cc3ccccc3[C@H]4N)c(CO)n2)cc1F. The van der Waals surface area contributed by atoms with Gasteiger partial charge in [-0.2, -0.15) is 0 Å². The molecule has 9 heteroatoms. The van der Waals surface area contributed by atoms with Gasteiger partial charge in [-0.1, -0.05) is 30.2 Å². The zero-order chi connectivity index (χ0) is 26.0. The predicted octanol–water partition coefficient (Wildman–Crippen LogP) is 2.48. The molecule has 8 nitrogen and oxygen atoms in total. The lowest BCUT2D eigenvalue weighted by Gasteiger charge is -2.42. The van der Waals surface area contributed by atoms with Crippen LogP contribution in [0.5, 0.6) is 5.75 Å². The average molecular weight is 502 g/mol. The minimum atomic E-state index is -0.845. The number of aliphatic hydroxyl groups excluding tert-OH is 1. The highest BCUT2D eigenvalue weighted by Gasteiger charge is 2.46. The molecule has 2 heterocycles. The van der Waals surface area contributed by atoms with Crippen LogP contribution in [0.4, 0.5) is 10.2 Å². The number of hydrogen-bond acceptors (Lipinski definition) is 7. The number of piperidine rings is 1. The van der Waals surface area contributed by atoms with Gasteiger partial charge in [0.2, 0.25) is 0 Å². The first-order valence-corrected chi connectivity index (χ1v) is 12.2. The number of ether oxygens (including phenoxy) is 1. The van der Waals surface area contributed by atoms with Crippen molar-refractivity contribution in [1.82, 2.24) is 9.97 Å². The number of aromatic nitrogens is 2. The van der Waals surface area contributed by atoms with Gasteiger partial charge >= 0.3 is 0 Å². The fourth-order valence-electron chi connectivity index (χ4n) is 5.35. The van der Waals surface area contributed by atoms with Gasteiger partial charge in [-0.3, -0.25) is 4.79 Å². The molecule has 1 fully saturated rings. The maximum atomic E-state index is 13.8. The van der Waals surface area contributed by atoms with Gasteiger partial charge < -0.3 is 26.2 Å². The zero-order valence-corrected chi connectivity index (χ0v) is 20.3. The molecule has 1 aliphatic heterocycles. The number of nitrogens with two attached hydrogens (primary N) is 2. The van der Waals surface area contributed by atoms with Gasteiger partial charge in [-0.25, -0.2) is 14.4 Å². The summed E-state index contributed by atoms with van der Waals surface area (Å²) in [5.74, 6) is 4.95. The Morgan fingerprint density at radius 1 is 1.24 bits per heavy atom. The van der Waals surface area contributed by atoms with Crippen molar-refractivity contribution < 1.29 is 19.0 Å². The van der Waals surface area contributed by atoms with Crippen molar-refractivity contribution in [2.45, 2.75) is 31.9 Å². The van der Waals surface area contributed by atoms with Gasteiger partial charge in [-0.05, 0) is 53.9 Å². The Hall–Kier alpha value is -4.00. The third kappa shape index (κ3) is 4.86. The zero-order valence-electron chi connectivity index (χ0n) is 20.3. The number of carbonyl (C=O) groups excluding carboxylic acids is 1. The van der Waals surface area contributed by atoms with Crippen LogP contribution in [0, 0.1) is 23.1 Å². The number of aliphatic hydroxyl groups is 1. The summed E-state index contributed by atoms with van der Waals surface area (Å²) in [7, 11) is 0. The van der Waals surface area contributed by atoms with Gasteiger partial charge in [0.25, 0.3) is 5.91 Å². The molecule has 190 valence electrons. The number of anilines is 1. The number of benzene rings is 2. The number of carbonyl (C=O) groups is 1. The van der Waals surface area contributed by atoms with Gasteiger partial charge in [0.15, 0.2) is 5.82 Å². The van der Waals surface area contributed by atoms with Crippen molar-refractivity contribution in [2.75, 3.05) is 24.6 Å². The first-order valence-electron chi connectivity index (χ1n) is 12.2. The Morgan fingerprint density at radius 3 is 2.73 bits per heavy atom. The molecule has 0 saturated carbocycles. The van der Waals surface area contributed by atoms with Crippen LogP contribution in [0.2, 0.25) is 0 Å². The number of fused-ring (bicyclic) bond motifs is 1. The maximum absolute atomic E-state index is 13.8. The minimum absolute atomic E-state index is 0.0237. The molecule has 1 aliphatic carbocycles. The van der Waals surface area contributed by atoms with Crippen LogP contribution in [-0.2, 0) is 13.0 Å². The lowest BCUT2D eigenvalue weighted by molar-refractivity contribution is 0.0996. The molecule has 1 spiro atoms. The number of hydrogen-bond donors (Lipinski definition) is 3. The second-order valence-electron chi connectivity index (χ2n) is 9.48. The highest BCUT2D eigenvalue weighted by molar-refractivity contribution is 5.93. The summed E-state index contributed by atoms with van der Waals surface area (Å²) in [5, 5.41) is 9.96. The van der Waals surface area contributed by atoms with Gasteiger partial charge in [0.05, 0.1) is 18.4 Å². The average Bonchev–Trinajstić information content (AvgIpc) is 3.17. The first kappa shape index (κ1) is 24.7. The molecule has 2 aromatic carbocycles. The van der Waals surface area contributed by atoms with Crippen LogP contribution in [0.25, 0.3) is 0 Å². The standard InChI is InChI=1S/C28H28FN5O3/c29-23-14-20(7-8-22(23)26(31)36)37-13-3-5-19-16-32-27(24(17-35)33-19)34-11-9-28(10-12-34)15-18-4-1-2-6-21(18)25(28)30/h1-2,4,6-8,14,16,25,35H,9-13,15,17,30H2,(H2,31,36)/t25-/m1/s1. The highest BCUT2D eigenvalue weighted by atomic mass is 19.1. The summed E-state index contributed by atoms with van der Waals surface area (Å²) in [5.41, 5.74) is 15.1. The van der Waals surface area contributed by atoms with E-state index < -0.39 is 11.7 Å². The molecule has 1 aromatic heterocycles. The van der Waals surface area contributed by atoms with Gasteiger partial charge in [0.1, 0.15) is 29.6 Å². The lowest BCUT2D eigenvalue weighted by Crippen LogP contribution is -2.45. The fraction of sp³-hybridized carbons (Fsp3) is 0.321. The number of amides is 1. The third-order valence-corrected chi connectivity index (χ3v) is 7.36. The smallest absolute Gasteiger partial charge is 0.251 e. The molecule has 1 amide bonds. The fourth-order valence-corrected chi connectivity index (χ4v) is 5.35. The molecule has 0 bridgehead atoms. The first-order chi connectivity index (χ1) is 17.9. The summed E-state index contributed by atoms with van der Waals surface area (Å²) in [6.07, 6.45) is 4.45. The summed E-state index contributed by atoms with van der Waals surface area (Å²) >= 11 is 0. The molecular formula is C28H28FN5O3. The molecule has 0 unspecified atom stereocenters. The van der Waals surface area contributed by atoms with Gasteiger partial charge in [0, 0.05) is 25.2 Å². The molecule has 37 heavy (non-hydrogen) atoms. The van der Waals surface area contributed by atoms with Gasteiger partial charge in [-0.15, -0.1) is 0 Å². The molecule has 0 radical (unpaired) electrons. The molecular weight excluding hydrogens is 473 g/mol. The van der Waals surface area contributed by atoms with Crippen LogP contribution in [-0.4, -0.2) is 40.7 Å². The molecule has 3 aromatic rings. The van der Waals surface area contributed by atoms with Crippen LogP contribution >= 0.6 is 0 Å². The summed E-state index contributed by atoms with van der Waals surface area (Å²) in [6, 6.07) is 12.3. The van der Waals surface area contributed by atoms with Crippen LogP contribution in [0.3, 0.4) is 0 Å². The molecule has 1 saturated heterocycles. The van der Waals surface area contributed by atoms with E-state index in [4.69, 9.17) is 16.2 Å². The molecule has 1 atom stereocenters. The summed E-state index contributed by atoms with van der Waals surface area (Å²) in [6.45, 7) is 1.29. The minimum Gasteiger partial charge on any atom is -0.481 e. The van der Waals surface area contributed by atoms with E-state index in [0.717, 1.165) is 38.4 Å². The van der Waals surface area contributed by atoms with E-state index in [1.54, 1.807) is 6.20 Å². The topological polar surface area (TPSA) is 128 Å². The predicted molar refractivity (Wildman–Crippen MR) is 136 cm³/mol. The highest BCUT2D eigenvalue weighted by Crippen LogP contribution is 2.51. The normalized spacial score (nSPS) is 17.7. The van der Waals surface area contributed by atoms with Crippen molar-refractivity contribution in [3.05, 3.63) is 82.6 Å². The number of rotatable bonds is 5. The van der Waals surface area contributed by atoms with Crippen LogP contribution < -0.4 is 21.1 Å². The Labute approximate surface area is 214 Å². The van der Waals surface area contributed by atoms with E-state index in [2.05, 4.69) is 51.0 Å². The Morgan fingerprint density at radius 2 is 2.03 bits per heavy atom. The second kappa shape index (κ2) is 10.2. The van der Waals surface area contributed by atoms with Crippen LogP contribution in [0.15, 0.2) is 48.7 Å². The molecule has 2 aliphatic rings. The van der Waals surface area contributed by atoms with E-state index in [-0.39, 0.29) is 36.0 Å². The van der Waals surface area contributed by atoms with Crippen molar-refractivity contribution in [3.63, 3.8) is 0 Å². The monoisotopic (exact) mass is 501 g/mol. The van der Waals surface area contributed by atoms with Crippen molar-refractivity contribution in [3.8, 4) is 17.6 Å². The Balaban J connectivity index is 1.21. The van der Waals surface area contributed by atoms with Crippen molar-refractivity contribution in [1.29, 1.82) is 0 Å². The number of primary amides is 1. The van der Waals surface area contributed by atoms with E-state index in [1.165, 1.54) is 23.3 Å². The Bertz CT molecular complexity index is 1390. The summed E-state index contributed by atoms with van der Waals surface area (Å²) in [4.78, 5) is 22.3. The van der Waals surface area contributed by atoms with Crippen molar-refractivity contribution >= 4 is 11.7 Å². The van der Waals surface area contributed by atoms with E-state index in [1.807, 2.05) is 0 Å². The third-order valence-electron chi connectivity index (χ3n) is 7.36. The lowest BCUT2D eigenvalue weighted by atomic mass is 9.73. The second-order valence-corrected chi connectivity index (χ2v) is 9.48. The quantitative estimate of drug-likeness (QED) is 0.458. The number of nitrogens with zero attached hydrogens (tertiary/aromatic N) is 3. The molecule has 5 N–H and O–H groups in total. The van der Waals surface area contributed by atoms with Crippen LogP contribution in [0.1, 0.15) is 51.8 Å². The maximum Gasteiger partial charge on any atom is 0.251 e. The largest absolute Gasteiger partial charge is 0.481 e. The Kier molecular flexibility index (Phi) is 6.78. The van der Waals surface area contributed by atoms with E-state index >= 15 is 0 Å². The number of halogens is 1. The van der Waals surface area contributed by atoms with E-state index in [0.29, 0.717) is 17.2 Å². The van der Waals surface area contributed by atoms with E-state index in [9.17, 15) is 14.3 Å².